The third-order valence-corrected chi connectivity index (χ3v) is 1.89. The quantitative estimate of drug-likeness (QED) is 0.505. The minimum absolute atomic E-state index is 0.226. The van der Waals surface area contributed by atoms with Crippen LogP contribution in [0.3, 0.4) is 0 Å². The van der Waals surface area contributed by atoms with Gasteiger partial charge in [-0.1, -0.05) is 23.8 Å². The van der Waals surface area contributed by atoms with E-state index in [1.165, 1.54) is 11.1 Å². The van der Waals surface area contributed by atoms with Crippen molar-refractivity contribution in [2.45, 2.75) is 20.3 Å². The molecule has 1 aromatic rings. The smallest absolute Gasteiger partial charge is 0.0950 e. The first-order valence-electron chi connectivity index (χ1n) is 3.98. The Morgan fingerprint density at radius 3 is 2.67 bits per heavy atom. The molecule has 64 valence electrons. The molecule has 0 fully saturated rings. The summed E-state index contributed by atoms with van der Waals surface area (Å²) in [5.41, 5.74) is 8.91. The fraction of sp³-hybridized carbons (Fsp3) is 0.300. The molecule has 1 aromatic carbocycles. The van der Waals surface area contributed by atoms with Crippen LogP contribution in [-0.2, 0) is 6.42 Å². The summed E-state index contributed by atoms with van der Waals surface area (Å²) in [4.78, 5) is 0. The number of amidine groups is 1. The molecule has 0 aromatic heterocycles. The van der Waals surface area contributed by atoms with E-state index in [0.29, 0.717) is 6.42 Å². The Balaban J connectivity index is 2.97. The fourth-order valence-electron chi connectivity index (χ4n) is 1.20. The second-order valence-corrected chi connectivity index (χ2v) is 3.13. The lowest BCUT2D eigenvalue weighted by Gasteiger charge is -2.05. The molecule has 1 rings (SSSR count). The Morgan fingerprint density at radius 1 is 1.42 bits per heavy atom. The van der Waals surface area contributed by atoms with Crippen LogP contribution in [0.2, 0.25) is 0 Å². The molecule has 0 saturated heterocycles. The molecule has 0 aliphatic carbocycles. The van der Waals surface area contributed by atoms with Gasteiger partial charge in [0.2, 0.25) is 0 Å². The molecule has 12 heavy (non-hydrogen) atoms. The maximum absolute atomic E-state index is 7.18. The summed E-state index contributed by atoms with van der Waals surface area (Å²) in [5, 5.41) is 7.18. The summed E-state index contributed by atoms with van der Waals surface area (Å²) in [6.45, 7) is 4.08. The van der Waals surface area contributed by atoms with Gasteiger partial charge in [0, 0.05) is 6.42 Å². The summed E-state index contributed by atoms with van der Waals surface area (Å²) in [6, 6.07) is 6.21. The van der Waals surface area contributed by atoms with Crippen LogP contribution in [0.25, 0.3) is 0 Å². The third-order valence-electron chi connectivity index (χ3n) is 1.89. The van der Waals surface area contributed by atoms with E-state index in [1.807, 2.05) is 13.8 Å². The molecule has 0 radical (unpaired) electrons. The van der Waals surface area contributed by atoms with Crippen LogP contribution < -0.4 is 5.73 Å². The molecule has 0 bridgehead atoms. The van der Waals surface area contributed by atoms with Crippen LogP contribution in [0.5, 0.6) is 0 Å². The molecule has 0 heterocycles. The normalized spacial score (nSPS) is 9.83. The molecule has 0 unspecified atom stereocenters. The number of hydrogen-bond acceptors (Lipinski definition) is 1. The van der Waals surface area contributed by atoms with E-state index in [-0.39, 0.29) is 5.84 Å². The summed E-state index contributed by atoms with van der Waals surface area (Å²) in [7, 11) is 0. The molecule has 0 saturated carbocycles. The molecule has 0 aliphatic rings. The minimum atomic E-state index is 0.226. The van der Waals surface area contributed by atoms with Crippen molar-refractivity contribution in [2.75, 3.05) is 0 Å². The fourth-order valence-corrected chi connectivity index (χ4v) is 1.20. The Labute approximate surface area is 72.9 Å². The molecule has 0 atom stereocenters. The highest BCUT2D eigenvalue weighted by Gasteiger charge is 1.99. The lowest BCUT2D eigenvalue weighted by Crippen LogP contribution is -2.13. The largest absolute Gasteiger partial charge is 0.387 e. The standard InChI is InChI=1S/C10H14N2/c1-7-3-4-8(2)9(5-7)6-10(11)12/h3-5H,6H2,1-2H3,(H3,11,12). The maximum atomic E-state index is 7.18. The Hall–Kier alpha value is -1.31. The van der Waals surface area contributed by atoms with Crippen molar-refractivity contribution in [2.24, 2.45) is 5.73 Å². The molecular weight excluding hydrogens is 148 g/mol. The highest BCUT2D eigenvalue weighted by molar-refractivity contribution is 5.79. The Morgan fingerprint density at radius 2 is 2.08 bits per heavy atom. The lowest BCUT2D eigenvalue weighted by molar-refractivity contribution is 1.19. The highest BCUT2D eigenvalue weighted by atomic mass is 14.7. The second-order valence-electron chi connectivity index (χ2n) is 3.13. The van der Waals surface area contributed by atoms with Crippen molar-refractivity contribution < 1.29 is 0 Å². The topological polar surface area (TPSA) is 49.9 Å². The predicted octanol–water partition coefficient (Wildman–Crippen LogP) is 1.78. The van der Waals surface area contributed by atoms with Gasteiger partial charge in [-0.15, -0.1) is 0 Å². The van der Waals surface area contributed by atoms with E-state index >= 15 is 0 Å². The molecular formula is C10H14N2. The average molecular weight is 162 g/mol. The predicted molar refractivity (Wildman–Crippen MR) is 51.5 cm³/mol. The van der Waals surface area contributed by atoms with Gasteiger partial charge in [-0.05, 0) is 25.0 Å². The van der Waals surface area contributed by atoms with Crippen LogP contribution in [0.1, 0.15) is 16.7 Å². The van der Waals surface area contributed by atoms with Crippen LogP contribution in [-0.4, -0.2) is 5.84 Å². The summed E-state index contributed by atoms with van der Waals surface area (Å²) in [6.07, 6.45) is 0.563. The van der Waals surface area contributed by atoms with Gasteiger partial charge in [-0.3, -0.25) is 5.41 Å². The van der Waals surface area contributed by atoms with Crippen molar-refractivity contribution in [3.8, 4) is 0 Å². The van der Waals surface area contributed by atoms with Gasteiger partial charge in [0.05, 0.1) is 5.84 Å². The average Bonchev–Trinajstić information content (AvgIpc) is 1.96. The van der Waals surface area contributed by atoms with E-state index in [4.69, 9.17) is 11.1 Å². The molecule has 2 nitrogen and oxygen atoms in total. The number of nitrogens with two attached hydrogens (primary N) is 1. The number of benzene rings is 1. The summed E-state index contributed by atoms with van der Waals surface area (Å²) < 4.78 is 0. The van der Waals surface area contributed by atoms with Gasteiger partial charge in [0.25, 0.3) is 0 Å². The zero-order valence-corrected chi connectivity index (χ0v) is 7.52. The van der Waals surface area contributed by atoms with Crippen molar-refractivity contribution in [3.05, 3.63) is 34.9 Å². The molecule has 0 amide bonds. The van der Waals surface area contributed by atoms with Gasteiger partial charge in [0.15, 0.2) is 0 Å². The van der Waals surface area contributed by atoms with Crippen molar-refractivity contribution >= 4 is 5.84 Å². The molecule has 0 aliphatic heterocycles. The molecule has 2 heteroatoms. The van der Waals surface area contributed by atoms with Crippen molar-refractivity contribution in [1.29, 1.82) is 5.41 Å². The van der Waals surface area contributed by atoms with E-state index in [2.05, 4.69) is 18.2 Å². The first-order chi connectivity index (χ1) is 5.59. The monoisotopic (exact) mass is 162 g/mol. The summed E-state index contributed by atoms with van der Waals surface area (Å²) >= 11 is 0. The highest BCUT2D eigenvalue weighted by Crippen LogP contribution is 2.10. The number of nitrogens with one attached hydrogen (secondary N) is 1. The van der Waals surface area contributed by atoms with Crippen molar-refractivity contribution in [1.82, 2.24) is 0 Å². The SMILES string of the molecule is Cc1ccc(C)c(CC(=N)N)c1. The van der Waals surface area contributed by atoms with E-state index < -0.39 is 0 Å². The van der Waals surface area contributed by atoms with E-state index in [0.717, 1.165) is 5.56 Å². The minimum Gasteiger partial charge on any atom is -0.387 e. The number of hydrogen-bond donors (Lipinski definition) is 2. The maximum Gasteiger partial charge on any atom is 0.0950 e. The first-order valence-corrected chi connectivity index (χ1v) is 3.98. The van der Waals surface area contributed by atoms with Gasteiger partial charge in [0.1, 0.15) is 0 Å². The first kappa shape index (κ1) is 8.78. The zero-order chi connectivity index (χ0) is 9.14. The zero-order valence-electron chi connectivity index (χ0n) is 7.52. The molecule has 0 spiro atoms. The third kappa shape index (κ3) is 2.09. The number of aryl methyl sites for hydroxylation is 2. The van der Waals surface area contributed by atoms with Crippen LogP contribution in [0.4, 0.5) is 0 Å². The van der Waals surface area contributed by atoms with E-state index in [9.17, 15) is 0 Å². The lowest BCUT2D eigenvalue weighted by atomic mass is 10.0. The van der Waals surface area contributed by atoms with E-state index in [1.54, 1.807) is 0 Å². The van der Waals surface area contributed by atoms with Gasteiger partial charge in [-0.2, -0.15) is 0 Å². The molecule has 3 N–H and O–H groups in total. The van der Waals surface area contributed by atoms with Crippen LogP contribution >= 0.6 is 0 Å². The van der Waals surface area contributed by atoms with Crippen molar-refractivity contribution in [3.63, 3.8) is 0 Å². The summed E-state index contributed by atoms with van der Waals surface area (Å²) in [5.74, 6) is 0.226. The van der Waals surface area contributed by atoms with Gasteiger partial charge in [-0.25, -0.2) is 0 Å². The Bertz CT molecular complexity index is 303. The second kappa shape index (κ2) is 3.39. The van der Waals surface area contributed by atoms with Crippen LogP contribution in [0.15, 0.2) is 18.2 Å². The Kier molecular flexibility index (Phi) is 2.48. The van der Waals surface area contributed by atoms with Gasteiger partial charge < -0.3 is 5.73 Å². The van der Waals surface area contributed by atoms with Crippen LogP contribution in [0, 0.1) is 19.3 Å². The van der Waals surface area contributed by atoms with Gasteiger partial charge >= 0.3 is 0 Å². The number of rotatable bonds is 2.